The molecule has 0 radical (unpaired) electrons. The number of unbranched alkanes of at least 4 members (excludes halogenated alkanes) is 15. The zero-order valence-electron chi connectivity index (χ0n) is 17.4. The summed E-state index contributed by atoms with van der Waals surface area (Å²) in [6.45, 7) is 0.875. The molecule has 0 bridgehead atoms. The van der Waals surface area contributed by atoms with Crippen LogP contribution in [0.25, 0.3) is 0 Å². The summed E-state index contributed by atoms with van der Waals surface area (Å²) in [5.41, 5.74) is 5.52. The van der Waals surface area contributed by atoms with Crippen molar-refractivity contribution in [2.45, 2.75) is 141 Å². The van der Waals surface area contributed by atoms with Gasteiger partial charge in [0.1, 0.15) is 0 Å². The highest BCUT2D eigenvalue weighted by atomic mass is 14.5. The molecule has 0 aromatic heterocycles. The van der Waals surface area contributed by atoms with Gasteiger partial charge >= 0.3 is 0 Å². The fraction of sp³-hybridized carbons (Fsp3) is 1.00. The minimum Gasteiger partial charge on any atom is -0.330 e. The monoisotopic (exact) mass is 351 g/mol. The molecule has 0 aliphatic heterocycles. The Bertz CT molecular complexity index is 244. The second kappa shape index (κ2) is 18.7. The first-order valence-electron chi connectivity index (χ1n) is 12.1. The fourth-order valence-corrected chi connectivity index (χ4v) is 4.53. The third-order valence-corrected chi connectivity index (χ3v) is 6.29. The van der Waals surface area contributed by atoms with Gasteiger partial charge in [-0.3, -0.25) is 0 Å². The van der Waals surface area contributed by atoms with Crippen molar-refractivity contribution in [2.24, 2.45) is 11.7 Å². The molecule has 0 aromatic carbocycles. The summed E-state index contributed by atoms with van der Waals surface area (Å²) in [4.78, 5) is 0. The highest BCUT2D eigenvalue weighted by Crippen LogP contribution is 2.28. The van der Waals surface area contributed by atoms with Crippen molar-refractivity contribution in [2.75, 3.05) is 6.54 Å². The van der Waals surface area contributed by atoms with Crippen LogP contribution in [0.3, 0.4) is 0 Å². The first-order valence-corrected chi connectivity index (χ1v) is 12.1. The Morgan fingerprint density at radius 2 is 0.800 bits per heavy atom. The minimum atomic E-state index is 0.875. The third-order valence-electron chi connectivity index (χ3n) is 6.29. The van der Waals surface area contributed by atoms with Gasteiger partial charge in [0.15, 0.2) is 0 Å². The van der Waals surface area contributed by atoms with Crippen LogP contribution in [0.4, 0.5) is 0 Å². The van der Waals surface area contributed by atoms with Crippen molar-refractivity contribution in [1.82, 2.24) is 0 Å². The molecule has 1 saturated carbocycles. The Morgan fingerprint density at radius 3 is 1.20 bits per heavy atom. The van der Waals surface area contributed by atoms with Crippen molar-refractivity contribution < 1.29 is 0 Å². The predicted molar refractivity (Wildman–Crippen MR) is 114 cm³/mol. The van der Waals surface area contributed by atoms with Crippen LogP contribution >= 0.6 is 0 Å². The van der Waals surface area contributed by atoms with Gasteiger partial charge in [0.2, 0.25) is 0 Å². The van der Waals surface area contributed by atoms with Crippen LogP contribution in [-0.2, 0) is 0 Å². The summed E-state index contributed by atoms with van der Waals surface area (Å²) in [5, 5.41) is 0. The van der Waals surface area contributed by atoms with E-state index in [1.807, 2.05) is 0 Å². The molecule has 0 heterocycles. The number of rotatable bonds is 18. The van der Waals surface area contributed by atoms with E-state index in [0.29, 0.717) is 0 Å². The molecule has 25 heavy (non-hydrogen) atoms. The summed E-state index contributed by atoms with van der Waals surface area (Å²) in [6, 6.07) is 0. The first kappa shape index (κ1) is 23.0. The van der Waals surface area contributed by atoms with E-state index in [2.05, 4.69) is 0 Å². The number of nitrogens with two attached hydrogens (primary N) is 1. The molecule has 1 aliphatic rings. The van der Waals surface area contributed by atoms with Crippen LogP contribution < -0.4 is 5.73 Å². The maximum absolute atomic E-state index is 5.52. The van der Waals surface area contributed by atoms with Crippen LogP contribution in [0.1, 0.15) is 141 Å². The van der Waals surface area contributed by atoms with Crippen LogP contribution in [0.2, 0.25) is 0 Å². The lowest BCUT2D eigenvalue weighted by Gasteiger charge is -2.21. The molecule has 0 aromatic rings. The van der Waals surface area contributed by atoms with E-state index in [9.17, 15) is 0 Å². The second-order valence-corrected chi connectivity index (χ2v) is 8.74. The molecule has 1 nitrogen and oxygen atoms in total. The second-order valence-electron chi connectivity index (χ2n) is 8.74. The molecular weight excluding hydrogens is 302 g/mol. The molecule has 1 aliphatic carbocycles. The van der Waals surface area contributed by atoms with Gasteiger partial charge in [-0.2, -0.15) is 0 Å². The van der Waals surface area contributed by atoms with E-state index in [4.69, 9.17) is 5.73 Å². The molecule has 150 valence electrons. The van der Waals surface area contributed by atoms with Crippen LogP contribution in [0, 0.1) is 5.92 Å². The van der Waals surface area contributed by atoms with Crippen molar-refractivity contribution in [1.29, 1.82) is 0 Å². The van der Waals surface area contributed by atoms with Crippen molar-refractivity contribution >= 4 is 0 Å². The zero-order chi connectivity index (χ0) is 17.8. The maximum Gasteiger partial charge on any atom is -0.00773 e. The lowest BCUT2D eigenvalue weighted by Crippen LogP contribution is -2.05. The van der Waals surface area contributed by atoms with Gasteiger partial charge < -0.3 is 5.73 Å². The van der Waals surface area contributed by atoms with E-state index < -0.39 is 0 Å². The van der Waals surface area contributed by atoms with Gasteiger partial charge in [0.25, 0.3) is 0 Å². The summed E-state index contributed by atoms with van der Waals surface area (Å²) in [7, 11) is 0. The van der Waals surface area contributed by atoms with E-state index in [-0.39, 0.29) is 0 Å². The number of hydrogen-bond acceptors (Lipinski definition) is 1. The first-order chi connectivity index (χ1) is 12.4. The van der Waals surface area contributed by atoms with E-state index >= 15 is 0 Å². The Kier molecular flexibility index (Phi) is 17.2. The Morgan fingerprint density at radius 1 is 0.440 bits per heavy atom. The van der Waals surface area contributed by atoms with E-state index in [1.165, 1.54) is 141 Å². The minimum absolute atomic E-state index is 0.875. The maximum atomic E-state index is 5.52. The molecule has 1 rings (SSSR count). The zero-order valence-corrected chi connectivity index (χ0v) is 17.4. The van der Waals surface area contributed by atoms with Gasteiger partial charge in [0.05, 0.1) is 0 Å². The summed E-state index contributed by atoms with van der Waals surface area (Å²) in [5.74, 6) is 1.10. The smallest absolute Gasteiger partial charge is 0.00773 e. The SMILES string of the molecule is NCCCCCCCCCCCCCCCCCCC1CCCCC1. The van der Waals surface area contributed by atoms with Gasteiger partial charge in [0, 0.05) is 0 Å². The molecule has 0 amide bonds. The standard InChI is InChI=1S/C24H49N/c25-23-19-14-12-10-8-6-4-2-1-3-5-7-9-11-13-16-20-24-21-17-15-18-22-24/h24H,1-23,25H2. The summed E-state index contributed by atoms with van der Waals surface area (Å²) < 4.78 is 0. The Hall–Kier alpha value is -0.0400. The molecule has 0 unspecified atom stereocenters. The highest BCUT2D eigenvalue weighted by molar-refractivity contribution is 4.65. The van der Waals surface area contributed by atoms with Crippen LogP contribution in [0.15, 0.2) is 0 Å². The van der Waals surface area contributed by atoms with E-state index in [1.54, 1.807) is 0 Å². The third kappa shape index (κ3) is 15.9. The lowest BCUT2D eigenvalue weighted by molar-refractivity contribution is 0.328. The topological polar surface area (TPSA) is 26.0 Å². The summed E-state index contributed by atoms with van der Waals surface area (Å²) >= 11 is 0. The van der Waals surface area contributed by atoms with Gasteiger partial charge in [-0.15, -0.1) is 0 Å². The van der Waals surface area contributed by atoms with Crippen molar-refractivity contribution in [3.8, 4) is 0 Å². The largest absolute Gasteiger partial charge is 0.330 e. The average Bonchev–Trinajstić information content (AvgIpc) is 2.65. The van der Waals surface area contributed by atoms with E-state index in [0.717, 1.165) is 12.5 Å². The fourth-order valence-electron chi connectivity index (χ4n) is 4.53. The molecule has 0 saturated heterocycles. The quantitative estimate of drug-likeness (QED) is 0.248. The highest BCUT2D eigenvalue weighted by Gasteiger charge is 2.12. The normalized spacial score (nSPS) is 15.7. The molecule has 1 heteroatoms. The average molecular weight is 352 g/mol. The number of hydrogen-bond donors (Lipinski definition) is 1. The Balaban J connectivity index is 1.65. The Labute approximate surface area is 159 Å². The van der Waals surface area contributed by atoms with Crippen LogP contribution in [0.5, 0.6) is 0 Å². The van der Waals surface area contributed by atoms with Gasteiger partial charge in [-0.1, -0.05) is 135 Å². The molecule has 0 spiro atoms. The van der Waals surface area contributed by atoms with Gasteiger partial charge in [-0.05, 0) is 18.9 Å². The van der Waals surface area contributed by atoms with Crippen LogP contribution in [-0.4, -0.2) is 6.54 Å². The van der Waals surface area contributed by atoms with Crippen molar-refractivity contribution in [3.05, 3.63) is 0 Å². The molecular formula is C24H49N. The molecule has 2 N–H and O–H groups in total. The lowest BCUT2D eigenvalue weighted by atomic mass is 9.85. The predicted octanol–water partition coefficient (Wildman–Crippen LogP) is 8.16. The van der Waals surface area contributed by atoms with Crippen molar-refractivity contribution in [3.63, 3.8) is 0 Å². The summed E-state index contributed by atoms with van der Waals surface area (Å²) in [6.07, 6.45) is 32.3. The molecule has 1 fully saturated rings. The molecule has 0 atom stereocenters. The van der Waals surface area contributed by atoms with Gasteiger partial charge in [-0.25, -0.2) is 0 Å².